The normalized spacial score (nSPS) is 19.8. The summed E-state index contributed by atoms with van der Waals surface area (Å²) in [7, 11) is 0. The van der Waals surface area contributed by atoms with Crippen LogP contribution in [0.3, 0.4) is 0 Å². The lowest BCUT2D eigenvalue weighted by molar-refractivity contribution is -0.143. The molecule has 1 N–H and O–H groups in total. The number of carboxylic acid groups (broad SMARTS) is 1. The van der Waals surface area contributed by atoms with Crippen LogP contribution < -0.4 is 0 Å². The van der Waals surface area contributed by atoms with Crippen LogP contribution >= 0.6 is 11.3 Å². The first-order valence-electron chi connectivity index (χ1n) is 6.08. The molecule has 0 bridgehead atoms. The van der Waals surface area contributed by atoms with Gasteiger partial charge in [-0.1, -0.05) is 6.92 Å². The molecule has 0 saturated carbocycles. The first kappa shape index (κ1) is 13.0. The van der Waals surface area contributed by atoms with Crippen molar-refractivity contribution in [3.8, 4) is 0 Å². The largest absolute Gasteiger partial charge is 0.481 e. The third kappa shape index (κ3) is 2.69. The Labute approximate surface area is 109 Å². The number of nitrogens with zero attached hydrogens (tertiary/aromatic N) is 2. The van der Waals surface area contributed by atoms with Crippen LogP contribution in [0.2, 0.25) is 0 Å². The molecule has 98 valence electrons. The van der Waals surface area contributed by atoms with Crippen molar-refractivity contribution in [2.75, 3.05) is 13.1 Å². The summed E-state index contributed by atoms with van der Waals surface area (Å²) in [6, 6.07) is 0. The quantitative estimate of drug-likeness (QED) is 0.904. The van der Waals surface area contributed by atoms with E-state index in [-0.39, 0.29) is 5.91 Å². The second-order valence-corrected chi connectivity index (χ2v) is 5.52. The smallest absolute Gasteiger partial charge is 0.308 e. The van der Waals surface area contributed by atoms with Crippen molar-refractivity contribution in [2.24, 2.45) is 5.92 Å². The maximum atomic E-state index is 12.2. The van der Waals surface area contributed by atoms with Crippen molar-refractivity contribution < 1.29 is 14.7 Å². The lowest BCUT2D eigenvalue weighted by atomic mass is 9.98. The average molecular weight is 268 g/mol. The average Bonchev–Trinajstić information content (AvgIpc) is 2.86. The van der Waals surface area contributed by atoms with E-state index in [1.807, 2.05) is 6.92 Å². The Balaban J connectivity index is 2.06. The first-order valence-corrected chi connectivity index (χ1v) is 6.90. The fraction of sp³-hybridized carbons (Fsp3) is 0.583. The molecule has 0 aromatic carbocycles. The molecule has 1 saturated heterocycles. The van der Waals surface area contributed by atoms with Crippen molar-refractivity contribution in [3.63, 3.8) is 0 Å². The van der Waals surface area contributed by atoms with Crippen LogP contribution in [-0.4, -0.2) is 40.0 Å². The number of carbonyl (C=O) groups excluding carboxylic acids is 1. The molecule has 18 heavy (non-hydrogen) atoms. The van der Waals surface area contributed by atoms with Gasteiger partial charge in [0, 0.05) is 13.1 Å². The third-order valence-electron chi connectivity index (χ3n) is 3.12. The maximum Gasteiger partial charge on any atom is 0.308 e. The molecule has 1 fully saturated rings. The van der Waals surface area contributed by atoms with Gasteiger partial charge in [-0.2, -0.15) is 0 Å². The molecule has 1 amide bonds. The van der Waals surface area contributed by atoms with Crippen LogP contribution in [0.1, 0.15) is 34.4 Å². The highest BCUT2D eigenvalue weighted by molar-refractivity contribution is 7.13. The highest BCUT2D eigenvalue weighted by Crippen LogP contribution is 2.21. The number of aromatic nitrogens is 1. The highest BCUT2D eigenvalue weighted by atomic mass is 32.1. The number of likely N-dealkylation sites (tertiary alicyclic amines) is 1. The molecule has 2 rings (SSSR count). The number of aryl methyl sites for hydroxylation is 1. The third-order valence-corrected chi connectivity index (χ3v) is 4.25. The molecule has 0 unspecified atom stereocenters. The Morgan fingerprint density at radius 2 is 2.39 bits per heavy atom. The molecule has 6 heteroatoms. The molecular formula is C12H16N2O3S. The van der Waals surface area contributed by atoms with Crippen LogP contribution in [0.5, 0.6) is 0 Å². The van der Waals surface area contributed by atoms with Crippen LogP contribution in [0.15, 0.2) is 6.20 Å². The van der Waals surface area contributed by atoms with Gasteiger partial charge in [-0.25, -0.2) is 4.98 Å². The van der Waals surface area contributed by atoms with Gasteiger partial charge in [-0.15, -0.1) is 11.3 Å². The highest BCUT2D eigenvalue weighted by Gasteiger charge is 2.29. The molecule has 1 aliphatic heterocycles. The predicted octanol–water partition coefficient (Wildman–Crippen LogP) is 1.64. The number of hydrogen-bond acceptors (Lipinski definition) is 4. The minimum atomic E-state index is -0.814. The molecule has 0 aliphatic carbocycles. The molecule has 0 spiro atoms. The second-order valence-electron chi connectivity index (χ2n) is 4.40. The molecular weight excluding hydrogens is 252 g/mol. The van der Waals surface area contributed by atoms with Gasteiger partial charge in [0.1, 0.15) is 4.88 Å². The van der Waals surface area contributed by atoms with E-state index in [1.165, 1.54) is 11.3 Å². The van der Waals surface area contributed by atoms with Crippen LogP contribution in [-0.2, 0) is 11.2 Å². The zero-order valence-corrected chi connectivity index (χ0v) is 11.1. The lowest BCUT2D eigenvalue weighted by Gasteiger charge is -2.30. The number of rotatable bonds is 3. The van der Waals surface area contributed by atoms with Crippen molar-refractivity contribution in [1.29, 1.82) is 0 Å². The summed E-state index contributed by atoms with van der Waals surface area (Å²) in [6.45, 7) is 2.95. The van der Waals surface area contributed by atoms with Gasteiger partial charge in [-0.3, -0.25) is 9.59 Å². The molecule has 1 aromatic rings. The Hall–Kier alpha value is -1.43. The van der Waals surface area contributed by atoms with Crippen molar-refractivity contribution in [1.82, 2.24) is 9.88 Å². The minimum Gasteiger partial charge on any atom is -0.481 e. The number of amides is 1. The van der Waals surface area contributed by atoms with E-state index in [0.717, 1.165) is 17.8 Å². The summed E-state index contributed by atoms with van der Waals surface area (Å²) in [6.07, 6.45) is 3.82. The van der Waals surface area contributed by atoms with E-state index in [0.29, 0.717) is 24.4 Å². The van der Waals surface area contributed by atoms with Crippen LogP contribution in [0.4, 0.5) is 0 Å². The zero-order chi connectivity index (χ0) is 13.1. The number of piperidine rings is 1. The van der Waals surface area contributed by atoms with E-state index >= 15 is 0 Å². The van der Waals surface area contributed by atoms with Gasteiger partial charge < -0.3 is 10.0 Å². The van der Waals surface area contributed by atoms with Gasteiger partial charge in [-0.05, 0) is 19.3 Å². The summed E-state index contributed by atoms with van der Waals surface area (Å²) in [5, 5.41) is 9.94. The summed E-state index contributed by atoms with van der Waals surface area (Å²) in [5.74, 6) is -1.33. The fourth-order valence-electron chi connectivity index (χ4n) is 2.09. The maximum absolute atomic E-state index is 12.2. The van der Waals surface area contributed by atoms with Crippen molar-refractivity contribution in [2.45, 2.75) is 26.2 Å². The zero-order valence-electron chi connectivity index (χ0n) is 10.3. The van der Waals surface area contributed by atoms with E-state index in [1.54, 1.807) is 11.1 Å². The Morgan fingerprint density at radius 1 is 1.61 bits per heavy atom. The van der Waals surface area contributed by atoms with Gasteiger partial charge >= 0.3 is 5.97 Å². The molecule has 5 nitrogen and oxygen atoms in total. The lowest BCUT2D eigenvalue weighted by Crippen LogP contribution is -2.42. The Morgan fingerprint density at radius 3 is 3.00 bits per heavy atom. The van der Waals surface area contributed by atoms with Gasteiger partial charge in [0.05, 0.1) is 17.1 Å². The Bertz CT molecular complexity index is 458. The number of hydrogen-bond donors (Lipinski definition) is 1. The number of aliphatic carboxylic acids is 1. The summed E-state index contributed by atoms with van der Waals surface area (Å²) < 4.78 is 0. The Kier molecular flexibility index (Phi) is 3.96. The van der Waals surface area contributed by atoms with Crippen molar-refractivity contribution in [3.05, 3.63) is 16.1 Å². The summed E-state index contributed by atoms with van der Waals surface area (Å²) in [5.41, 5.74) is 0. The van der Waals surface area contributed by atoms with Gasteiger partial charge in [0.25, 0.3) is 5.91 Å². The SMILES string of the molecule is CCc1ncc(C(=O)N2CCC[C@@H](C(=O)O)C2)s1. The van der Waals surface area contributed by atoms with Crippen molar-refractivity contribution >= 4 is 23.2 Å². The number of carboxylic acids is 1. The number of carbonyl (C=O) groups is 2. The standard InChI is InChI=1S/C12H16N2O3S/c1-2-10-13-6-9(18-10)11(15)14-5-3-4-8(7-14)12(16)17/h6,8H,2-5,7H2,1H3,(H,16,17)/t8-/m1/s1. The molecule has 1 aromatic heterocycles. The van der Waals surface area contributed by atoms with Crippen LogP contribution in [0, 0.1) is 5.92 Å². The summed E-state index contributed by atoms with van der Waals surface area (Å²) >= 11 is 1.39. The van der Waals surface area contributed by atoms with E-state index in [2.05, 4.69) is 4.98 Å². The number of thiazole rings is 1. The van der Waals surface area contributed by atoms with Crippen LogP contribution in [0.25, 0.3) is 0 Å². The topological polar surface area (TPSA) is 70.5 Å². The monoisotopic (exact) mass is 268 g/mol. The van der Waals surface area contributed by atoms with Gasteiger partial charge in [0.15, 0.2) is 0 Å². The molecule has 0 radical (unpaired) electrons. The molecule has 1 aliphatic rings. The predicted molar refractivity (Wildman–Crippen MR) is 67.8 cm³/mol. The minimum absolute atomic E-state index is 0.0850. The fourth-order valence-corrected chi connectivity index (χ4v) is 2.92. The van der Waals surface area contributed by atoms with E-state index in [4.69, 9.17) is 5.11 Å². The molecule has 1 atom stereocenters. The second kappa shape index (κ2) is 5.48. The van der Waals surface area contributed by atoms with Gasteiger partial charge in [0.2, 0.25) is 0 Å². The van der Waals surface area contributed by atoms with E-state index < -0.39 is 11.9 Å². The summed E-state index contributed by atoms with van der Waals surface area (Å²) in [4.78, 5) is 29.6. The van der Waals surface area contributed by atoms with E-state index in [9.17, 15) is 9.59 Å². The molecule has 2 heterocycles. The first-order chi connectivity index (χ1) is 8.61.